The van der Waals surface area contributed by atoms with Gasteiger partial charge in [-0.1, -0.05) is 79.9 Å². The number of aryl methyl sites for hydroxylation is 1. The van der Waals surface area contributed by atoms with Gasteiger partial charge in [0.25, 0.3) is 10.0 Å². The fourth-order valence-electron chi connectivity index (χ4n) is 4.17. The zero-order valence-electron chi connectivity index (χ0n) is 22.6. The maximum Gasteiger partial charge on any atom is 0.264 e. The van der Waals surface area contributed by atoms with E-state index in [1.54, 1.807) is 66.7 Å². The lowest BCUT2D eigenvalue weighted by Gasteiger charge is -2.33. The van der Waals surface area contributed by atoms with Crippen molar-refractivity contribution in [2.75, 3.05) is 17.4 Å². The van der Waals surface area contributed by atoms with Gasteiger partial charge >= 0.3 is 0 Å². The van der Waals surface area contributed by atoms with Crippen LogP contribution in [0, 0.1) is 6.92 Å². The van der Waals surface area contributed by atoms with Gasteiger partial charge in [-0.05, 0) is 61.7 Å². The average Bonchev–Trinajstić information content (AvgIpc) is 2.93. The highest BCUT2D eigenvalue weighted by Crippen LogP contribution is 2.25. The standard InChI is InChI=1S/C30H36ClN3O4S/c1-4-6-20-32-30(36)28(5-2)33(21-24-14-16-25(31)17-15-24)29(35)22-34(26-18-12-23(3)13-19-26)39(37,38)27-10-8-7-9-11-27/h7-19,28H,4-6,20-22H2,1-3H3,(H,32,36). The molecule has 1 atom stereocenters. The first-order valence-electron chi connectivity index (χ1n) is 13.1. The van der Waals surface area contributed by atoms with Gasteiger partial charge in [0, 0.05) is 18.1 Å². The zero-order chi connectivity index (χ0) is 28.4. The second-order valence-corrected chi connectivity index (χ2v) is 11.7. The number of amides is 2. The van der Waals surface area contributed by atoms with Crippen LogP contribution in [-0.4, -0.2) is 44.3 Å². The van der Waals surface area contributed by atoms with Gasteiger partial charge in [-0.15, -0.1) is 0 Å². The van der Waals surface area contributed by atoms with E-state index in [0.717, 1.165) is 28.3 Å². The predicted octanol–water partition coefficient (Wildman–Crippen LogP) is 5.57. The Bertz CT molecular complexity index is 1330. The number of sulfonamides is 1. The van der Waals surface area contributed by atoms with Crippen molar-refractivity contribution in [1.82, 2.24) is 10.2 Å². The summed E-state index contributed by atoms with van der Waals surface area (Å²) in [6, 6.07) is 21.2. The van der Waals surface area contributed by atoms with Crippen LogP contribution in [0.1, 0.15) is 44.2 Å². The summed E-state index contributed by atoms with van der Waals surface area (Å²) < 4.78 is 28.7. The number of carbonyl (C=O) groups is 2. The Morgan fingerprint density at radius 2 is 1.56 bits per heavy atom. The van der Waals surface area contributed by atoms with Crippen molar-refractivity contribution in [3.63, 3.8) is 0 Å². The fraction of sp³-hybridized carbons (Fsp3) is 0.333. The number of benzene rings is 3. The molecule has 0 aromatic heterocycles. The lowest BCUT2D eigenvalue weighted by Crippen LogP contribution is -2.52. The van der Waals surface area contributed by atoms with Gasteiger partial charge in [0.05, 0.1) is 10.6 Å². The summed E-state index contributed by atoms with van der Waals surface area (Å²) in [7, 11) is -4.08. The van der Waals surface area contributed by atoms with E-state index in [1.807, 2.05) is 20.8 Å². The van der Waals surface area contributed by atoms with Gasteiger partial charge in [0.15, 0.2) is 0 Å². The monoisotopic (exact) mass is 569 g/mol. The average molecular weight is 570 g/mol. The van der Waals surface area contributed by atoms with E-state index in [4.69, 9.17) is 11.6 Å². The molecular formula is C30H36ClN3O4S. The minimum Gasteiger partial charge on any atom is -0.354 e. The smallest absolute Gasteiger partial charge is 0.264 e. The molecule has 0 radical (unpaired) electrons. The van der Waals surface area contributed by atoms with Gasteiger partial charge in [-0.3, -0.25) is 13.9 Å². The highest BCUT2D eigenvalue weighted by atomic mass is 35.5. The third-order valence-electron chi connectivity index (χ3n) is 6.41. The molecule has 2 amide bonds. The molecule has 0 aliphatic rings. The Labute approximate surface area is 236 Å². The third-order valence-corrected chi connectivity index (χ3v) is 8.45. The molecule has 0 fully saturated rings. The first kappa shape index (κ1) is 30.2. The molecule has 3 aromatic rings. The van der Waals surface area contributed by atoms with Gasteiger partial charge < -0.3 is 10.2 Å². The van der Waals surface area contributed by atoms with Crippen LogP contribution in [0.25, 0.3) is 0 Å². The summed E-state index contributed by atoms with van der Waals surface area (Å²) in [6.45, 7) is 5.95. The van der Waals surface area contributed by atoms with Crippen LogP contribution >= 0.6 is 11.6 Å². The maximum atomic E-state index is 14.0. The molecule has 0 aliphatic carbocycles. The molecule has 9 heteroatoms. The molecule has 3 aromatic carbocycles. The highest BCUT2D eigenvalue weighted by Gasteiger charge is 2.33. The molecule has 0 saturated heterocycles. The number of nitrogens with zero attached hydrogens (tertiary/aromatic N) is 2. The second kappa shape index (κ2) is 14.1. The van der Waals surface area contributed by atoms with Gasteiger partial charge in [0.2, 0.25) is 11.8 Å². The summed E-state index contributed by atoms with van der Waals surface area (Å²) in [6.07, 6.45) is 2.12. The van der Waals surface area contributed by atoms with Gasteiger partial charge in [-0.2, -0.15) is 0 Å². The topological polar surface area (TPSA) is 86.8 Å². The lowest BCUT2D eigenvalue weighted by atomic mass is 10.1. The van der Waals surface area contributed by atoms with Crippen LogP contribution in [0.3, 0.4) is 0 Å². The van der Waals surface area contributed by atoms with Crippen molar-refractivity contribution in [2.45, 2.75) is 57.5 Å². The van der Waals surface area contributed by atoms with E-state index in [1.165, 1.54) is 17.0 Å². The quantitative estimate of drug-likeness (QED) is 0.273. The molecule has 0 saturated carbocycles. The molecule has 39 heavy (non-hydrogen) atoms. The van der Waals surface area contributed by atoms with Crippen molar-refractivity contribution in [3.8, 4) is 0 Å². The molecule has 7 nitrogen and oxygen atoms in total. The molecule has 208 valence electrons. The van der Waals surface area contributed by atoms with Crippen molar-refractivity contribution in [3.05, 3.63) is 95.0 Å². The fourth-order valence-corrected chi connectivity index (χ4v) is 5.73. The number of carbonyl (C=O) groups excluding carboxylic acids is 2. The van der Waals surface area contributed by atoms with E-state index >= 15 is 0 Å². The third kappa shape index (κ3) is 8.07. The van der Waals surface area contributed by atoms with Crippen LogP contribution in [0.15, 0.2) is 83.8 Å². The number of unbranched alkanes of at least 4 members (excludes halogenated alkanes) is 1. The van der Waals surface area contributed by atoms with E-state index in [0.29, 0.717) is 23.7 Å². The Morgan fingerprint density at radius 3 is 2.15 bits per heavy atom. The maximum absolute atomic E-state index is 14.0. The predicted molar refractivity (Wildman–Crippen MR) is 156 cm³/mol. The minimum atomic E-state index is -4.08. The minimum absolute atomic E-state index is 0.0759. The Morgan fingerprint density at radius 1 is 0.923 bits per heavy atom. The number of halogens is 1. The largest absolute Gasteiger partial charge is 0.354 e. The molecule has 0 bridgehead atoms. The van der Waals surface area contributed by atoms with E-state index in [9.17, 15) is 18.0 Å². The summed E-state index contributed by atoms with van der Waals surface area (Å²) in [5.74, 6) is -0.747. The van der Waals surface area contributed by atoms with Crippen LogP contribution in [0.4, 0.5) is 5.69 Å². The normalized spacial score (nSPS) is 12.0. The highest BCUT2D eigenvalue weighted by molar-refractivity contribution is 7.92. The SMILES string of the molecule is CCCCNC(=O)C(CC)N(Cc1ccc(Cl)cc1)C(=O)CN(c1ccc(C)cc1)S(=O)(=O)c1ccccc1. The van der Waals surface area contributed by atoms with Crippen molar-refractivity contribution in [1.29, 1.82) is 0 Å². The molecule has 0 aliphatic heterocycles. The van der Waals surface area contributed by atoms with E-state index in [-0.39, 0.29) is 17.3 Å². The molecule has 0 spiro atoms. The van der Waals surface area contributed by atoms with Crippen LogP contribution in [0.5, 0.6) is 0 Å². The summed E-state index contributed by atoms with van der Waals surface area (Å²) >= 11 is 6.06. The van der Waals surface area contributed by atoms with Crippen LogP contribution in [-0.2, 0) is 26.2 Å². The Hall–Kier alpha value is -3.36. The lowest BCUT2D eigenvalue weighted by molar-refractivity contribution is -0.140. The number of rotatable bonds is 13. The van der Waals surface area contributed by atoms with Crippen molar-refractivity contribution >= 4 is 39.1 Å². The number of nitrogens with one attached hydrogen (secondary N) is 1. The molecule has 3 rings (SSSR count). The van der Waals surface area contributed by atoms with Crippen LogP contribution < -0.4 is 9.62 Å². The summed E-state index contributed by atoms with van der Waals surface area (Å²) in [5.41, 5.74) is 2.10. The Kier molecular flexibility index (Phi) is 10.9. The molecule has 1 unspecified atom stereocenters. The number of hydrogen-bond donors (Lipinski definition) is 1. The van der Waals surface area contributed by atoms with Crippen molar-refractivity contribution in [2.24, 2.45) is 0 Å². The summed E-state index contributed by atoms with van der Waals surface area (Å²) in [5, 5.41) is 3.48. The molecule has 1 N–H and O–H groups in total. The second-order valence-electron chi connectivity index (χ2n) is 9.38. The first-order valence-corrected chi connectivity index (χ1v) is 14.9. The van der Waals surface area contributed by atoms with Crippen molar-refractivity contribution < 1.29 is 18.0 Å². The zero-order valence-corrected chi connectivity index (χ0v) is 24.2. The van der Waals surface area contributed by atoms with Gasteiger partial charge in [0.1, 0.15) is 12.6 Å². The summed E-state index contributed by atoms with van der Waals surface area (Å²) in [4.78, 5) is 28.7. The molecule has 0 heterocycles. The number of anilines is 1. The first-order chi connectivity index (χ1) is 18.7. The van der Waals surface area contributed by atoms with Crippen LogP contribution in [0.2, 0.25) is 5.02 Å². The van der Waals surface area contributed by atoms with Gasteiger partial charge in [-0.25, -0.2) is 8.42 Å². The Balaban J connectivity index is 2.01. The molecular weight excluding hydrogens is 534 g/mol. The number of hydrogen-bond acceptors (Lipinski definition) is 4. The van der Waals surface area contributed by atoms with E-state index < -0.39 is 28.5 Å². The van der Waals surface area contributed by atoms with E-state index in [2.05, 4.69) is 5.32 Å².